The van der Waals surface area contributed by atoms with Crippen LogP contribution in [0.4, 0.5) is 4.39 Å². The molecule has 1 atom stereocenters. The lowest BCUT2D eigenvalue weighted by molar-refractivity contribution is 0.620. The molecule has 5 heteroatoms. The van der Waals surface area contributed by atoms with Gasteiger partial charge in [-0.15, -0.1) is 0 Å². The van der Waals surface area contributed by atoms with Crippen LogP contribution in [0, 0.1) is 5.82 Å². The lowest BCUT2D eigenvalue weighted by atomic mass is 10.2. The molecule has 0 aliphatic carbocycles. The Kier molecular flexibility index (Phi) is 5.48. The van der Waals surface area contributed by atoms with E-state index in [1.165, 1.54) is 23.3 Å². The van der Waals surface area contributed by atoms with Gasteiger partial charge in [-0.2, -0.15) is 23.5 Å². The number of thioether (sulfide) groups is 2. The van der Waals surface area contributed by atoms with E-state index in [0.29, 0.717) is 11.8 Å². The Hall–Kier alpha value is 0.1000. The highest BCUT2D eigenvalue weighted by Gasteiger charge is 2.14. The first kappa shape index (κ1) is 13.5. The van der Waals surface area contributed by atoms with E-state index < -0.39 is 0 Å². The minimum atomic E-state index is -0.339. The summed E-state index contributed by atoms with van der Waals surface area (Å²) in [5, 5.41) is 4.26. The lowest BCUT2D eigenvalue weighted by Gasteiger charge is -2.21. The molecule has 94 valence electrons. The summed E-state index contributed by atoms with van der Waals surface area (Å²) in [5.74, 6) is 3.36. The number of rotatable bonds is 4. The third kappa shape index (κ3) is 4.05. The van der Waals surface area contributed by atoms with Gasteiger partial charge in [0.25, 0.3) is 0 Å². The van der Waals surface area contributed by atoms with Crippen LogP contribution in [0.5, 0.6) is 0 Å². The Morgan fingerprint density at radius 3 is 3.06 bits per heavy atom. The molecule has 17 heavy (non-hydrogen) atoms. The topological polar surface area (TPSA) is 12.0 Å². The van der Waals surface area contributed by atoms with Gasteiger partial charge < -0.3 is 5.32 Å². The van der Waals surface area contributed by atoms with Crippen molar-refractivity contribution in [2.75, 3.05) is 23.8 Å². The maximum Gasteiger partial charge on any atom is 0.142 e. The van der Waals surface area contributed by atoms with Gasteiger partial charge >= 0.3 is 0 Å². The Balaban J connectivity index is 1.79. The van der Waals surface area contributed by atoms with Gasteiger partial charge in [-0.25, -0.2) is 4.39 Å². The smallest absolute Gasteiger partial charge is 0.142 e. The molecule has 1 fully saturated rings. The van der Waals surface area contributed by atoms with Gasteiger partial charge in [0, 0.05) is 35.6 Å². The number of hydrogen-bond donors (Lipinski definition) is 1. The second kappa shape index (κ2) is 6.88. The fraction of sp³-hybridized carbons (Fsp3) is 0.500. The molecule has 1 aromatic rings. The van der Waals surface area contributed by atoms with Crippen molar-refractivity contribution < 1.29 is 4.39 Å². The maximum absolute atomic E-state index is 13.2. The van der Waals surface area contributed by atoms with Crippen molar-refractivity contribution in [2.24, 2.45) is 0 Å². The minimum Gasteiger partial charge on any atom is -0.311 e. The fourth-order valence-corrected chi connectivity index (χ4v) is 4.55. The number of benzene rings is 1. The quantitative estimate of drug-likeness (QED) is 0.913. The average Bonchev–Trinajstić information content (AvgIpc) is 2.36. The predicted molar refractivity (Wildman–Crippen MR) is 76.7 cm³/mol. The summed E-state index contributed by atoms with van der Waals surface area (Å²) in [5.41, 5.74) is 0.833. The van der Waals surface area contributed by atoms with Crippen LogP contribution < -0.4 is 5.32 Å². The van der Waals surface area contributed by atoms with Crippen molar-refractivity contribution in [3.05, 3.63) is 34.6 Å². The first-order valence-corrected chi connectivity index (χ1v) is 8.18. The molecule has 1 N–H and O–H groups in total. The van der Waals surface area contributed by atoms with E-state index >= 15 is 0 Å². The molecule has 0 radical (unpaired) electrons. The highest BCUT2D eigenvalue weighted by Crippen LogP contribution is 2.24. The Bertz CT molecular complexity index is 370. The summed E-state index contributed by atoms with van der Waals surface area (Å²) in [6.45, 7) is 1.60. The number of halogens is 2. The second-order valence-corrected chi connectivity index (χ2v) is 6.85. The van der Waals surface area contributed by atoms with Crippen LogP contribution >= 0.6 is 35.1 Å². The van der Waals surface area contributed by atoms with E-state index in [0.717, 1.165) is 12.1 Å². The molecule has 0 spiro atoms. The Morgan fingerprint density at radius 1 is 1.41 bits per heavy atom. The largest absolute Gasteiger partial charge is 0.311 e. The number of nitrogens with one attached hydrogen (secondary N) is 1. The molecular formula is C12H15ClFNS2. The van der Waals surface area contributed by atoms with E-state index in [1.807, 2.05) is 29.6 Å². The molecule has 1 aliphatic rings. The van der Waals surface area contributed by atoms with Gasteiger partial charge in [0.2, 0.25) is 0 Å². The zero-order chi connectivity index (χ0) is 12.1. The summed E-state index contributed by atoms with van der Waals surface area (Å²) < 4.78 is 13.2. The van der Waals surface area contributed by atoms with Crippen LogP contribution in [0.3, 0.4) is 0 Å². The summed E-state index contributed by atoms with van der Waals surface area (Å²) in [6.07, 6.45) is 0. The van der Waals surface area contributed by atoms with E-state index in [4.69, 9.17) is 11.6 Å². The highest BCUT2D eigenvalue weighted by atomic mass is 35.5. The van der Waals surface area contributed by atoms with Gasteiger partial charge in [0.1, 0.15) is 5.82 Å². The lowest BCUT2D eigenvalue weighted by Crippen LogP contribution is -2.28. The van der Waals surface area contributed by atoms with Crippen molar-refractivity contribution in [1.29, 1.82) is 0 Å². The summed E-state index contributed by atoms with van der Waals surface area (Å²) in [6, 6.07) is 4.95. The van der Waals surface area contributed by atoms with Gasteiger partial charge in [-0.3, -0.25) is 0 Å². The first-order valence-electron chi connectivity index (χ1n) is 5.60. The van der Waals surface area contributed by atoms with Gasteiger partial charge in [-0.05, 0) is 11.6 Å². The molecule has 1 unspecified atom stereocenters. The molecule has 0 bridgehead atoms. The molecule has 1 aliphatic heterocycles. The van der Waals surface area contributed by atoms with Crippen molar-refractivity contribution in [3.63, 3.8) is 0 Å². The van der Waals surface area contributed by atoms with Crippen molar-refractivity contribution >= 4 is 35.1 Å². The molecule has 0 aromatic heterocycles. The van der Waals surface area contributed by atoms with Crippen LogP contribution in [0.25, 0.3) is 0 Å². The molecule has 0 saturated carbocycles. The predicted octanol–water partition coefficient (Wildman–Crippen LogP) is 3.42. The fourth-order valence-electron chi connectivity index (χ4n) is 1.71. The zero-order valence-electron chi connectivity index (χ0n) is 9.42. The van der Waals surface area contributed by atoms with Gasteiger partial charge in [0.05, 0.1) is 5.02 Å². The molecule has 1 saturated heterocycles. The summed E-state index contributed by atoms with van der Waals surface area (Å²) in [7, 11) is 0. The summed E-state index contributed by atoms with van der Waals surface area (Å²) >= 11 is 9.91. The first-order chi connectivity index (χ1) is 8.27. The Labute approximate surface area is 115 Å². The van der Waals surface area contributed by atoms with Crippen molar-refractivity contribution in [2.45, 2.75) is 11.8 Å². The van der Waals surface area contributed by atoms with Crippen LogP contribution in [0.2, 0.25) is 5.02 Å². The SMILES string of the molecule is Fc1cccc(CNCC2CSCCS2)c1Cl. The van der Waals surface area contributed by atoms with E-state index in [9.17, 15) is 4.39 Å². The van der Waals surface area contributed by atoms with E-state index in [1.54, 1.807) is 6.07 Å². The third-order valence-electron chi connectivity index (χ3n) is 2.60. The van der Waals surface area contributed by atoms with Gasteiger partial charge in [0.15, 0.2) is 0 Å². The molecule has 1 heterocycles. The minimum absolute atomic E-state index is 0.241. The number of hydrogen-bond acceptors (Lipinski definition) is 3. The molecule has 1 aromatic carbocycles. The van der Waals surface area contributed by atoms with Crippen molar-refractivity contribution in [1.82, 2.24) is 5.32 Å². The second-order valence-electron chi connectivity index (χ2n) is 3.91. The van der Waals surface area contributed by atoms with Crippen LogP contribution in [-0.2, 0) is 6.54 Å². The van der Waals surface area contributed by atoms with Crippen LogP contribution in [0.15, 0.2) is 18.2 Å². The zero-order valence-corrected chi connectivity index (χ0v) is 11.8. The molecule has 2 rings (SSSR count). The standard InChI is InChI=1S/C12H15ClFNS2/c13-12-9(2-1-3-11(12)14)6-15-7-10-8-16-4-5-17-10/h1-3,10,15H,4-8H2. The third-order valence-corrected chi connectivity index (χ3v) is 5.87. The van der Waals surface area contributed by atoms with Crippen LogP contribution in [0.1, 0.15) is 5.56 Å². The molecule has 0 amide bonds. The Morgan fingerprint density at radius 2 is 2.29 bits per heavy atom. The highest BCUT2D eigenvalue weighted by molar-refractivity contribution is 8.06. The van der Waals surface area contributed by atoms with E-state index in [2.05, 4.69) is 5.32 Å². The monoisotopic (exact) mass is 291 g/mol. The molecular weight excluding hydrogens is 277 g/mol. The van der Waals surface area contributed by atoms with E-state index in [-0.39, 0.29) is 10.8 Å². The normalized spacial score (nSPS) is 20.5. The maximum atomic E-state index is 13.2. The summed E-state index contributed by atoms with van der Waals surface area (Å²) in [4.78, 5) is 0. The van der Waals surface area contributed by atoms with Crippen LogP contribution in [-0.4, -0.2) is 29.1 Å². The molecule has 1 nitrogen and oxygen atoms in total. The van der Waals surface area contributed by atoms with Crippen molar-refractivity contribution in [3.8, 4) is 0 Å². The average molecular weight is 292 g/mol. The van der Waals surface area contributed by atoms with Gasteiger partial charge in [-0.1, -0.05) is 23.7 Å².